The van der Waals surface area contributed by atoms with Crippen LogP contribution in [-0.4, -0.2) is 23.6 Å². The summed E-state index contributed by atoms with van der Waals surface area (Å²) >= 11 is 2.14. The Morgan fingerprint density at radius 1 is 1.40 bits per heavy atom. The summed E-state index contributed by atoms with van der Waals surface area (Å²) in [6.45, 7) is 8.41. The van der Waals surface area contributed by atoms with Gasteiger partial charge in [-0.3, -0.25) is 0 Å². The van der Waals surface area contributed by atoms with E-state index in [2.05, 4.69) is 37.8 Å². The predicted octanol–water partition coefficient (Wildman–Crippen LogP) is 3.30. The van der Waals surface area contributed by atoms with Gasteiger partial charge in [-0.2, -0.15) is 11.8 Å². The van der Waals surface area contributed by atoms with Crippen LogP contribution in [0.1, 0.15) is 46.5 Å². The Morgan fingerprint density at radius 2 is 2.13 bits per heavy atom. The van der Waals surface area contributed by atoms with Crippen LogP contribution in [-0.2, 0) is 0 Å². The lowest BCUT2D eigenvalue weighted by Gasteiger charge is -2.31. The summed E-state index contributed by atoms with van der Waals surface area (Å²) in [5.74, 6) is 2.23. The number of thioether (sulfide) groups is 1. The Kier molecular flexibility index (Phi) is 3.67. The molecular weight excluding hydrogens is 202 g/mol. The van der Waals surface area contributed by atoms with E-state index in [1.807, 2.05) is 0 Å². The van der Waals surface area contributed by atoms with Crippen molar-refractivity contribution in [1.29, 1.82) is 0 Å². The van der Waals surface area contributed by atoms with Crippen molar-refractivity contribution in [3.05, 3.63) is 0 Å². The molecule has 2 aliphatic rings. The Labute approximate surface area is 98.8 Å². The van der Waals surface area contributed by atoms with E-state index < -0.39 is 0 Å². The van der Waals surface area contributed by atoms with E-state index in [1.165, 1.54) is 38.0 Å². The van der Waals surface area contributed by atoms with Gasteiger partial charge in [0.2, 0.25) is 0 Å². The van der Waals surface area contributed by atoms with Crippen LogP contribution in [0.2, 0.25) is 0 Å². The molecule has 2 unspecified atom stereocenters. The van der Waals surface area contributed by atoms with E-state index in [9.17, 15) is 0 Å². The standard InChI is InChI=1S/C13H25NS/c1-10(2)13(6-7-13)9-14-12-5-4-8-15-11(12)3/h10-12,14H,4-9H2,1-3H3. The van der Waals surface area contributed by atoms with Crippen LogP contribution in [0.3, 0.4) is 0 Å². The largest absolute Gasteiger partial charge is 0.312 e. The Balaban J connectivity index is 1.77. The van der Waals surface area contributed by atoms with E-state index in [1.54, 1.807) is 0 Å². The predicted molar refractivity (Wildman–Crippen MR) is 69.4 cm³/mol. The van der Waals surface area contributed by atoms with Gasteiger partial charge in [0.05, 0.1) is 0 Å². The molecule has 1 heterocycles. The third-order valence-corrected chi connectivity index (χ3v) is 5.82. The molecule has 1 nitrogen and oxygen atoms in total. The molecule has 2 heteroatoms. The lowest BCUT2D eigenvalue weighted by molar-refractivity contribution is 0.311. The second kappa shape index (κ2) is 4.67. The average Bonchev–Trinajstić information content (AvgIpc) is 2.98. The van der Waals surface area contributed by atoms with Crippen LogP contribution in [0.4, 0.5) is 0 Å². The number of hydrogen-bond donors (Lipinski definition) is 1. The van der Waals surface area contributed by atoms with Gasteiger partial charge in [0, 0.05) is 17.8 Å². The molecule has 0 aromatic rings. The van der Waals surface area contributed by atoms with Crippen molar-refractivity contribution < 1.29 is 0 Å². The summed E-state index contributed by atoms with van der Waals surface area (Å²) in [5, 5.41) is 4.66. The summed E-state index contributed by atoms with van der Waals surface area (Å²) in [5.41, 5.74) is 0.668. The van der Waals surface area contributed by atoms with E-state index in [0.29, 0.717) is 5.41 Å². The average molecular weight is 227 g/mol. The minimum atomic E-state index is 0.668. The molecule has 0 spiro atoms. The molecule has 2 atom stereocenters. The van der Waals surface area contributed by atoms with E-state index in [0.717, 1.165) is 17.2 Å². The molecule has 0 radical (unpaired) electrons. The van der Waals surface area contributed by atoms with Crippen molar-refractivity contribution in [2.75, 3.05) is 12.3 Å². The van der Waals surface area contributed by atoms with Crippen molar-refractivity contribution in [3.8, 4) is 0 Å². The molecule has 15 heavy (non-hydrogen) atoms. The molecule has 0 aromatic heterocycles. The van der Waals surface area contributed by atoms with Gasteiger partial charge in [-0.15, -0.1) is 0 Å². The Bertz CT molecular complexity index is 211. The van der Waals surface area contributed by atoms with Gasteiger partial charge in [-0.25, -0.2) is 0 Å². The zero-order chi connectivity index (χ0) is 10.9. The van der Waals surface area contributed by atoms with Crippen LogP contribution < -0.4 is 5.32 Å². The third kappa shape index (κ3) is 2.71. The highest BCUT2D eigenvalue weighted by atomic mass is 32.2. The molecule has 2 rings (SSSR count). The first-order chi connectivity index (χ1) is 7.14. The minimum Gasteiger partial charge on any atom is -0.312 e. The smallest absolute Gasteiger partial charge is 0.0184 e. The first-order valence-corrected chi connectivity index (χ1v) is 7.54. The van der Waals surface area contributed by atoms with Crippen LogP contribution in [0, 0.1) is 11.3 Å². The molecule has 0 bridgehead atoms. The zero-order valence-corrected chi connectivity index (χ0v) is 11.2. The minimum absolute atomic E-state index is 0.668. The molecule has 1 aliphatic carbocycles. The topological polar surface area (TPSA) is 12.0 Å². The van der Waals surface area contributed by atoms with E-state index in [4.69, 9.17) is 0 Å². The molecule has 88 valence electrons. The first-order valence-electron chi connectivity index (χ1n) is 6.49. The van der Waals surface area contributed by atoms with E-state index >= 15 is 0 Å². The van der Waals surface area contributed by atoms with Crippen molar-refractivity contribution in [1.82, 2.24) is 5.32 Å². The summed E-state index contributed by atoms with van der Waals surface area (Å²) in [7, 11) is 0. The van der Waals surface area contributed by atoms with Crippen molar-refractivity contribution in [3.63, 3.8) is 0 Å². The van der Waals surface area contributed by atoms with Crippen LogP contribution >= 0.6 is 11.8 Å². The molecule has 0 amide bonds. The van der Waals surface area contributed by atoms with Crippen molar-refractivity contribution in [2.45, 2.75) is 57.7 Å². The van der Waals surface area contributed by atoms with Gasteiger partial charge < -0.3 is 5.32 Å². The van der Waals surface area contributed by atoms with Crippen LogP contribution in [0.5, 0.6) is 0 Å². The second-order valence-corrected chi connectivity index (χ2v) is 7.21. The SMILES string of the molecule is CC1SCCCC1NCC1(C(C)C)CC1. The summed E-state index contributed by atoms with van der Waals surface area (Å²) in [6.07, 6.45) is 5.70. The van der Waals surface area contributed by atoms with Crippen molar-refractivity contribution >= 4 is 11.8 Å². The number of rotatable bonds is 4. The van der Waals surface area contributed by atoms with Gasteiger partial charge in [-0.05, 0) is 42.8 Å². The summed E-state index contributed by atoms with van der Waals surface area (Å²) < 4.78 is 0. The maximum atomic E-state index is 3.83. The van der Waals surface area contributed by atoms with Gasteiger partial charge in [0.25, 0.3) is 0 Å². The Hall–Kier alpha value is 0.310. The molecular formula is C13H25NS. The monoisotopic (exact) mass is 227 g/mol. The highest BCUT2D eigenvalue weighted by Crippen LogP contribution is 2.51. The lowest BCUT2D eigenvalue weighted by Crippen LogP contribution is -2.42. The van der Waals surface area contributed by atoms with Gasteiger partial charge in [0.15, 0.2) is 0 Å². The maximum Gasteiger partial charge on any atom is 0.0184 e. The number of nitrogens with one attached hydrogen (secondary N) is 1. The van der Waals surface area contributed by atoms with Gasteiger partial charge >= 0.3 is 0 Å². The number of hydrogen-bond acceptors (Lipinski definition) is 2. The quantitative estimate of drug-likeness (QED) is 0.791. The molecule has 0 aromatic carbocycles. The zero-order valence-electron chi connectivity index (χ0n) is 10.4. The maximum absolute atomic E-state index is 3.83. The summed E-state index contributed by atoms with van der Waals surface area (Å²) in [6, 6.07) is 0.778. The third-order valence-electron chi connectivity index (χ3n) is 4.44. The summed E-state index contributed by atoms with van der Waals surface area (Å²) in [4.78, 5) is 0. The first kappa shape index (κ1) is 11.8. The van der Waals surface area contributed by atoms with E-state index in [-0.39, 0.29) is 0 Å². The molecule has 1 saturated heterocycles. The highest BCUT2D eigenvalue weighted by Gasteiger charge is 2.45. The van der Waals surface area contributed by atoms with Gasteiger partial charge in [-0.1, -0.05) is 20.8 Å². The van der Waals surface area contributed by atoms with Crippen LogP contribution in [0.15, 0.2) is 0 Å². The molecule has 2 fully saturated rings. The van der Waals surface area contributed by atoms with Crippen molar-refractivity contribution in [2.24, 2.45) is 11.3 Å². The second-order valence-electron chi connectivity index (χ2n) is 5.72. The highest BCUT2D eigenvalue weighted by molar-refractivity contribution is 7.99. The fraction of sp³-hybridized carbons (Fsp3) is 1.00. The lowest BCUT2D eigenvalue weighted by atomic mass is 9.92. The molecule has 1 N–H and O–H groups in total. The Morgan fingerprint density at radius 3 is 2.67 bits per heavy atom. The fourth-order valence-corrected chi connectivity index (χ4v) is 3.81. The van der Waals surface area contributed by atoms with Gasteiger partial charge in [0.1, 0.15) is 0 Å². The normalized spacial score (nSPS) is 34.4. The fourth-order valence-electron chi connectivity index (χ4n) is 2.64. The van der Waals surface area contributed by atoms with Crippen LogP contribution in [0.25, 0.3) is 0 Å². The molecule has 1 saturated carbocycles. The molecule has 1 aliphatic heterocycles.